The van der Waals surface area contributed by atoms with Crippen LogP contribution in [0, 0.1) is 0 Å². The van der Waals surface area contributed by atoms with Crippen LogP contribution >= 0.6 is 24.0 Å². The van der Waals surface area contributed by atoms with Crippen LogP contribution in [0.15, 0.2) is 47.5 Å². The second-order valence-corrected chi connectivity index (χ2v) is 6.14. The summed E-state index contributed by atoms with van der Waals surface area (Å²) in [5.41, 5.74) is 7.92. The van der Waals surface area contributed by atoms with Crippen molar-refractivity contribution in [3.05, 3.63) is 48.0 Å². The molecule has 2 aromatic rings. The van der Waals surface area contributed by atoms with E-state index in [4.69, 9.17) is 19.9 Å². The van der Waals surface area contributed by atoms with Gasteiger partial charge in [0.05, 0.1) is 33.9 Å². The maximum atomic E-state index is 6.08. The molecule has 2 rings (SSSR count). The van der Waals surface area contributed by atoms with Gasteiger partial charge in [-0.05, 0) is 32.3 Å². The molecule has 0 saturated heterocycles. The van der Waals surface area contributed by atoms with Crippen LogP contribution in [0.2, 0.25) is 0 Å². The molecule has 0 fully saturated rings. The van der Waals surface area contributed by atoms with Crippen LogP contribution in [0.1, 0.15) is 11.6 Å². The molecule has 0 aliphatic heterocycles. The van der Waals surface area contributed by atoms with Gasteiger partial charge in [-0.25, -0.2) is 0 Å². The van der Waals surface area contributed by atoms with Crippen LogP contribution in [0.3, 0.4) is 0 Å². The van der Waals surface area contributed by atoms with Crippen LogP contribution < -0.4 is 25.3 Å². The number of nitrogens with two attached hydrogens (primary N) is 1. The van der Waals surface area contributed by atoms with E-state index in [-0.39, 0.29) is 30.0 Å². The lowest BCUT2D eigenvalue weighted by molar-refractivity contribution is 0.295. The Labute approximate surface area is 183 Å². The molecule has 28 heavy (non-hydrogen) atoms. The highest BCUT2D eigenvalue weighted by Crippen LogP contribution is 2.30. The van der Waals surface area contributed by atoms with E-state index in [0.717, 1.165) is 17.0 Å². The van der Waals surface area contributed by atoms with Crippen molar-refractivity contribution in [1.82, 2.24) is 4.90 Å². The molecule has 0 amide bonds. The van der Waals surface area contributed by atoms with E-state index >= 15 is 0 Å². The molecule has 0 saturated carbocycles. The lowest BCUT2D eigenvalue weighted by atomic mass is 10.0. The molecule has 0 aromatic heterocycles. The average molecular weight is 500 g/mol. The third kappa shape index (κ3) is 6.16. The Morgan fingerprint density at radius 1 is 1.00 bits per heavy atom. The number of nitrogens with zero attached hydrogens (tertiary/aromatic N) is 2. The van der Waals surface area contributed by atoms with E-state index < -0.39 is 0 Å². The SMILES string of the molecule is COc1ccc(NC(N)=NCC(c2ccccc2OC)N(C)C)cc1OC.I. The first-order valence-electron chi connectivity index (χ1n) is 8.58. The molecular formula is C20H29IN4O3. The zero-order chi connectivity index (χ0) is 19.8. The van der Waals surface area contributed by atoms with Gasteiger partial charge in [-0.2, -0.15) is 0 Å². The molecule has 7 nitrogen and oxygen atoms in total. The van der Waals surface area contributed by atoms with E-state index in [1.807, 2.05) is 56.6 Å². The molecule has 1 unspecified atom stereocenters. The number of hydrogen-bond acceptors (Lipinski definition) is 5. The Morgan fingerprint density at radius 3 is 2.25 bits per heavy atom. The number of hydrogen-bond donors (Lipinski definition) is 2. The van der Waals surface area contributed by atoms with Crippen LogP contribution in [0.25, 0.3) is 0 Å². The third-order valence-electron chi connectivity index (χ3n) is 4.21. The normalized spacial score (nSPS) is 12.1. The number of nitrogens with one attached hydrogen (secondary N) is 1. The maximum Gasteiger partial charge on any atom is 0.193 e. The quantitative estimate of drug-likeness (QED) is 0.329. The molecule has 0 radical (unpaired) electrons. The standard InChI is InChI=1S/C20H28N4O3.HI/c1-24(2)16(15-8-6-7-9-17(15)25-3)13-22-20(21)23-14-10-11-18(26-4)19(12-14)27-5;/h6-12,16H,13H2,1-5H3,(H3,21,22,23);1H. The van der Waals surface area contributed by atoms with Crippen molar-refractivity contribution in [1.29, 1.82) is 0 Å². The van der Waals surface area contributed by atoms with E-state index in [1.54, 1.807) is 21.3 Å². The van der Waals surface area contributed by atoms with Gasteiger partial charge in [-0.3, -0.25) is 4.99 Å². The number of halogens is 1. The van der Waals surface area contributed by atoms with Gasteiger partial charge in [-0.15, -0.1) is 24.0 Å². The summed E-state index contributed by atoms with van der Waals surface area (Å²) in [6.07, 6.45) is 0. The molecule has 1 atom stereocenters. The second-order valence-electron chi connectivity index (χ2n) is 6.14. The molecule has 0 aliphatic rings. The van der Waals surface area contributed by atoms with Gasteiger partial charge >= 0.3 is 0 Å². The van der Waals surface area contributed by atoms with Crippen LogP contribution in [-0.2, 0) is 0 Å². The van der Waals surface area contributed by atoms with E-state index in [2.05, 4.69) is 15.2 Å². The summed E-state index contributed by atoms with van der Waals surface area (Å²) in [6, 6.07) is 13.4. The summed E-state index contributed by atoms with van der Waals surface area (Å²) in [5.74, 6) is 2.43. The summed E-state index contributed by atoms with van der Waals surface area (Å²) in [7, 11) is 8.87. The zero-order valence-electron chi connectivity index (χ0n) is 16.9. The lowest BCUT2D eigenvalue weighted by Crippen LogP contribution is -2.27. The Morgan fingerprint density at radius 2 is 1.64 bits per heavy atom. The first-order valence-corrected chi connectivity index (χ1v) is 8.58. The van der Waals surface area contributed by atoms with Crippen molar-refractivity contribution in [2.24, 2.45) is 10.7 Å². The number of methoxy groups -OCH3 is 3. The molecule has 8 heteroatoms. The molecule has 0 spiro atoms. The summed E-state index contributed by atoms with van der Waals surface area (Å²) < 4.78 is 16.0. The fraction of sp³-hybridized carbons (Fsp3) is 0.350. The number of rotatable bonds is 8. The summed E-state index contributed by atoms with van der Waals surface area (Å²) in [6.45, 7) is 0.486. The van der Waals surface area contributed by atoms with E-state index in [1.165, 1.54) is 0 Å². The lowest BCUT2D eigenvalue weighted by Gasteiger charge is -2.25. The van der Waals surface area contributed by atoms with Gasteiger partial charge < -0.3 is 30.2 Å². The van der Waals surface area contributed by atoms with E-state index in [9.17, 15) is 0 Å². The first kappa shape index (κ1) is 23.8. The fourth-order valence-electron chi connectivity index (χ4n) is 2.77. The number of para-hydroxylation sites is 1. The Hall–Kier alpha value is -2.20. The topological polar surface area (TPSA) is 81.3 Å². The van der Waals surface area contributed by atoms with Gasteiger partial charge in [0.2, 0.25) is 0 Å². The predicted octanol–water partition coefficient (Wildman–Crippen LogP) is 3.36. The second kappa shape index (κ2) is 11.6. The number of guanidine groups is 1. The Bertz CT molecular complexity index is 784. The maximum absolute atomic E-state index is 6.08. The third-order valence-corrected chi connectivity index (χ3v) is 4.21. The largest absolute Gasteiger partial charge is 0.496 e. The van der Waals surface area contributed by atoms with Crippen molar-refractivity contribution >= 4 is 35.6 Å². The van der Waals surface area contributed by atoms with Crippen LogP contribution in [0.4, 0.5) is 5.69 Å². The Balaban J connectivity index is 0.00000392. The predicted molar refractivity (Wildman–Crippen MR) is 124 cm³/mol. The smallest absolute Gasteiger partial charge is 0.193 e. The van der Waals surface area contributed by atoms with E-state index in [0.29, 0.717) is 24.0 Å². The number of anilines is 1. The number of aliphatic imine (C=N–C) groups is 1. The van der Waals surface area contributed by atoms with Crippen molar-refractivity contribution in [2.45, 2.75) is 6.04 Å². The molecular weight excluding hydrogens is 471 g/mol. The zero-order valence-corrected chi connectivity index (χ0v) is 19.3. The Kier molecular flexibility index (Phi) is 9.88. The van der Waals surface area contributed by atoms with Crippen molar-refractivity contribution < 1.29 is 14.2 Å². The molecule has 2 aromatic carbocycles. The minimum absolute atomic E-state index is 0. The highest BCUT2D eigenvalue weighted by atomic mass is 127. The van der Waals surface area contributed by atoms with Crippen LogP contribution in [-0.4, -0.2) is 52.8 Å². The fourth-order valence-corrected chi connectivity index (χ4v) is 2.77. The summed E-state index contributed by atoms with van der Waals surface area (Å²) >= 11 is 0. The van der Waals surface area contributed by atoms with Gasteiger partial charge in [0.15, 0.2) is 17.5 Å². The molecule has 0 heterocycles. The van der Waals surface area contributed by atoms with Gasteiger partial charge in [-0.1, -0.05) is 18.2 Å². The molecule has 154 valence electrons. The molecule has 0 bridgehead atoms. The molecule has 3 N–H and O–H groups in total. The van der Waals surface area contributed by atoms with Crippen molar-refractivity contribution in [3.63, 3.8) is 0 Å². The summed E-state index contributed by atoms with van der Waals surface area (Å²) in [4.78, 5) is 6.59. The number of benzene rings is 2. The minimum Gasteiger partial charge on any atom is -0.496 e. The highest BCUT2D eigenvalue weighted by molar-refractivity contribution is 14.0. The minimum atomic E-state index is 0. The average Bonchev–Trinajstić information content (AvgIpc) is 2.68. The first-order chi connectivity index (χ1) is 13.0. The number of ether oxygens (including phenoxy) is 3. The van der Waals surface area contributed by atoms with Crippen LogP contribution in [0.5, 0.6) is 17.2 Å². The monoisotopic (exact) mass is 500 g/mol. The summed E-state index contributed by atoms with van der Waals surface area (Å²) in [5, 5.41) is 3.08. The van der Waals surface area contributed by atoms with Crippen molar-refractivity contribution in [2.75, 3.05) is 47.3 Å². The van der Waals surface area contributed by atoms with Gasteiger partial charge in [0, 0.05) is 17.3 Å². The number of likely N-dealkylation sites (N-methyl/N-ethyl adjacent to an activating group) is 1. The van der Waals surface area contributed by atoms with Gasteiger partial charge in [0.1, 0.15) is 5.75 Å². The highest BCUT2D eigenvalue weighted by Gasteiger charge is 2.18. The van der Waals surface area contributed by atoms with Gasteiger partial charge in [0.25, 0.3) is 0 Å². The van der Waals surface area contributed by atoms with Crippen molar-refractivity contribution in [3.8, 4) is 17.2 Å². The molecule has 0 aliphatic carbocycles.